The molecule has 0 radical (unpaired) electrons. The molecule has 0 unspecified atom stereocenters. The minimum atomic E-state index is -0.155. The first-order valence-electron chi connectivity index (χ1n) is 9.35. The van der Waals surface area contributed by atoms with Crippen LogP contribution >= 0.6 is 11.3 Å². The van der Waals surface area contributed by atoms with Gasteiger partial charge in [0.15, 0.2) is 0 Å². The molecule has 4 rings (SSSR count). The third-order valence-electron chi connectivity index (χ3n) is 4.63. The number of fused-ring (bicyclic) bond motifs is 1. The third kappa shape index (κ3) is 4.89. The van der Waals surface area contributed by atoms with E-state index < -0.39 is 0 Å². The van der Waals surface area contributed by atoms with Gasteiger partial charge in [-0.3, -0.25) is 9.59 Å². The van der Waals surface area contributed by atoms with Crippen molar-refractivity contribution in [1.29, 1.82) is 0 Å². The summed E-state index contributed by atoms with van der Waals surface area (Å²) in [5, 5.41) is 9.95. The highest BCUT2D eigenvalue weighted by atomic mass is 32.1. The average molecular weight is 401 g/mol. The fourth-order valence-corrected chi connectivity index (χ4v) is 3.73. The number of anilines is 1. The Morgan fingerprint density at radius 1 is 0.828 bits per heavy atom. The van der Waals surface area contributed by atoms with Crippen LogP contribution < -0.4 is 10.6 Å². The van der Waals surface area contributed by atoms with E-state index >= 15 is 0 Å². The van der Waals surface area contributed by atoms with Crippen molar-refractivity contribution in [2.24, 2.45) is 0 Å². The van der Waals surface area contributed by atoms with E-state index in [-0.39, 0.29) is 11.8 Å². The molecule has 0 atom stereocenters. The Bertz CT molecular complexity index is 1140. The van der Waals surface area contributed by atoms with E-state index in [0.29, 0.717) is 24.2 Å². The summed E-state index contributed by atoms with van der Waals surface area (Å²) < 4.78 is 0. The van der Waals surface area contributed by atoms with Crippen molar-refractivity contribution in [3.05, 3.63) is 100 Å². The molecule has 4 aromatic rings. The van der Waals surface area contributed by atoms with Gasteiger partial charge >= 0.3 is 0 Å². The molecule has 1 aromatic heterocycles. The van der Waals surface area contributed by atoms with Crippen molar-refractivity contribution in [3.63, 3.8) is 0 Å². The molecule has 0 aliphatic carbocycles. The maximum atomic E-state index is 12.5. The van der Waals surface area contributed by atoms with Crippen molar-refractivity contribution in [2.45, 2.75) is 13.0 Å². The number of hydrogen-bond donors (Lipinski definition) is 2. The highest BCUT2D eigenvalue weighted by molar-refractivity contribution is 7.09. The number of hydrogen-bond acceptors (Lipinski definition) is 3. The summed E-state index contributed by atoms with van der Waals surface area (Å²) in [5.74, 6) is -0.177. The van der Waals surface area contributed by atoms with Crippen molar-refractivity contribution in [1.82, 2.24) is 5.32 Å². The Morgan fingerprint density at radius 2 is 1.62 bits per heavy atom. The number of carbonyl (C=O) groups is 2. The van der Waals surface area contributed by atoms with Gasteiger partial charge in [0, 0.05) is 16.1 Å². The smallest absolute Gasteiger partial charge is 0.255 e. The SMILES string of the molecule is O=C(Cc1ccc(NC(=O)c2ccc3ccccc3c2)cc1)NCc1cccs1. The van der Waals surface area contributed by atoms with E-state index in [1.54, 1.807) is 11.3 Å². The molecule has 4 nitrogen and oxygen atoms in total. The standard InChI is InChI=1S/C24H20N2O2S/c27-23(25-16-22-6-3-13-29-22)14-17-7-11-21(12-8-17)26-24(28)20-10-9-18-4-1-2-5-19(18)15-20/h1-13,15H,14,16H2,(H,25,27)(H,26,28). The topological polar surface area (TPSA) is 58.2 Å². The van der Waals surface area contributed by atoms with E-state index in [4.69, 9.17) is 0 Å². The Balaban J connectivity index is 1.34. The van der Waals surface area contributed by atoms with Gasteiger partial charge in [0.1, 0.15) is 0 Å². The molecule has 144 valence electrons. The van der Waals surface area contributed by atoms with Crippen LogP contribution in [-0.2, 0) is 17.8 Å². The van der Waals surface area contributed by atoms with Crippen LogP contribution in [-0.4, -0.2) is 11.8 Å². The minimum Gasteiger partial charge on any atom is -0.351 e. The second-order valence-corrected chi connectivity index (χ2v) is 7.78. The monoisotopic (exact) mass is 400 g/mol. The molecule has 0 bridgehead atoms. The summed E-state index contributed by atoms with van der Waals surface area (Å²) in [6.07, 6.45) is 0.310. The second kappa shape index (κ2) is 8.71. The molecular weight excluding hydrogens is 380 g/mol. The van der Waals surface area contributed by atoms with Crippen LogP contribution in [0.3, 0.4) is 0 Å². The summed E-state index contributed by atoms with van der Waals surface area (Å²) in [5.41, 5.74) is 2.21. The Morgan fingerprint density at radius 3 is 2.38 bits per heavy atom. The largest absolute Gasteiger partial charge is 0.351 e. The van der Waals surface area contributed by atoms with E-state index in [0.717, 1.165) is 21.2 Å². The molecule has 0 saturated heterocycles. The van der Waals surface area contributed by atoms with Gasteiger partial charge in [0.25, 0.3) is 5.91 Å². The molecule has 0 saturated carbocycles. The highest BCUT2D eigenvalue weighted by Crippen LogP contribution is 2.17. The van der Waals surface area contributed by atoms with Gasteiger partial charge in [-0.1, -0.05) is 48.5 Å². The zero-order chi connectivity index (χ0) is 20.1. The predicted molar refractivity (Wildman–Crippen MR) is 118 cm³/mol. The van der Waals surface area contributed by atoms with Gasteiger partial charge in [-0.05, 0) is 52.0 Å². The lowest BCUT2D eigenvalue weighted by Gasteiger charge is -2.08. The molecule has 0 aliphatic rings. The summed E-state index contributed by atoms with van der Waals surface area (Å²) in [6, 6.07) is 24.9. The molecule has 2 N–H and O–H groups in total. The lowest BCUT2D eigenvalue weighted by atomic mass is 10.1. The second-order valence-electron chi connectivity index (χ2n) is 6.75. The zero-order valence-electron chi connectivity index (χ0n) is 15.7. The number of benzene rings is 3. The molecule has 0 fully saturated rings. The molecular formula is C24H20N2O2S. The number of thiophene rings is 1. The normalized spacial score (nSPS) is 10.6. The summed E-state index contributed by atoms with van der Waals surface area (Å²) in [4.78, 5) is 25.8. The first kappa shape index (κ1) is 18.9. The number of carbonyl (C=O) groups excluding carboxylic acids is 2. The lowest BCUT2D eigenvalue weighted by molar-refractivity contribution is -0.120. The van der Waals surface area contributed by atoms with Crippen LogP contribution in [0.2, 0.25) is 0 Å². The first-order valence-corrected chi connectivity index (χ1v) is 10.2. The van der Waals surface area contributed by atoms with Crippen molar-refractivity contribution >= 4 is 39.6 Å². The summed E-state index contributed by atoms with van der Waals surface area (Å²) in [7, 11) is 0. The van der Waals surface area contributed by atoms with Crippen molar-refractivity contribution in [3.8, 4) is 0 Å². The predicted octanol–water partition coefficient (Wildman–Crippen LogP) is 5.01. The number of amides is 2. The van der Waals surface area contributed by atoms with Crippen LogP contribution in [0.5, 0.6) is 0 Å². The number of nitrogens with one attached hydrogen (secondary N) is 2. The van der Waals surface area contributed by atoms with E-state index in [2.05, 4.69) is 10.6 Å². The van der Waals surface area contributed by atoms with E-state index in [1.807, 2.05) is 84.2 Å². The molecule has 0 aliphatic heterocycles. The Labute approximate surface area is 173 Å². The van der Waals surface area contributed by atoms with Gasteiger partial charge in [-0.2, -0.15) is 0 Å². The molecule has 29 heavy (non-hydrogen) atoms. The Hall–Kier alpha value is -3.44. The van der Waals surface area contributed by atoms with Gasteiger partial charge in [0.05, 0.1) is 13.0 Å². The fourth-order valence-electron chi connectivity index (χ4n) is 3.09. The number of rotatable bonds is 6. The van der Waals surface area contributed by atoms with Gasteiger partial charge in [0.2, 0.25) is 5.91 Å². The van der Waals surface area contributed by atoms with Crippen LogP contribution in [0.1, 0.15) is 20.8 Å². The molecule has 2 amide bonds. The van der Waals surface area contributed by atoms with Gasteiger partial charge < -0.3 is 10.6 Å². The van der Waals surface area contributed by atoms with Gasteiger partial charge in [-0.15, -0.1) is 11.3 Å². The first-order chi connectivity index (χ1) is 14.2. The quantitative estimate of drug-likeness (QED) is 0.478. The van der Waals surface area contributed by atoms with Crippen LogP contribution in [0.25, 0.3) is 10.8 Å². The average Bonchev–Trinajstić information content (AvgIpc) is 3.27. The Kier molecular flexibility index (Phi) is 5.68. The zero-order valence-corrected chi connectivity index (χ0v) is 16.5. The van der Waals surface area contributed by atoms with Crippen LogP contribution in [0.15, 0.2) is 84.2 Å². The molecule has 0 spiro atoms. The lowest BCUT2D eigenvalue weighted by Crippen LogP contribution is -2.24. The third-order valence-corrected chi connectivity index (χ3v) is 5.50. The summed E-state index contributed by atoms with van der Waals surface area (Å²) in [6.45, 7) is 0.552. The maximum absolute atomic E-state index is 12.5. The van der Waals surface area contributed by atoms with Crippen LogP contribution in [0, 0.1) is 0 Å². The maximum Gasteiger partial charge on any atom is 0.255 e. The van der Waals surface area contributed by atoms with Crippen molar-refractivity contribution < 1.29 is 9.59 Å². The summed E-state index contributed by atoms with van der Waals surface area (Å²) >= 11 is 1.62. The van der Waals surface area contributed by atoms with E-state index in [9.17, 15) is 9.59 Å². The van der Waals surface area contributed by atoms with Crippen LogP contribution in [0.4, 0.5) is 5.69 Å². The van der Waals surface area contributed by atoms with Crippen molar-refractivity contribution in [2.75, 3.05) is 5.32 Å². The minimum absolute atomic E-state index is 0.0219. The van der Waals surface area contributed by atoms with Gasteiger partial charge in [-0.25, -0.2) is 0 Å². The molecule has 5 heteroatoms. The fraction of sp³-hybridized carbons (Fsp3) is 0.0833. The molecule has 1 heterocycles. The molecule has 3 aromatic carbocycles. The highest BCUT2D eigenvalue weighted by Gasteiger charge is 2.08. The van der Waals surface area contributed by atoms with E-state index in [1.165, 1.54) is 0 Å².